The van der Waals surface area contributed by atoms with E-state index in [9.17, 15) is 4.79 Å². The Labute approximate surface area is 98.6 Å². The lowest BCUT2D eigenvalue weighted by Crippen LogP contribution is -2.47. The highest BCUT2D eigenvalue weighted by Crippen LogP contribution is 2.31. The van der Waals surface area contributed by atoms with Crippen molar-refractivity contribution in [3.05, 3.63) is 0 Å². The molecule has 1 amide bonds. The van der Waals surface area contributed by atoms with Gasteiger partial charge in [-0.25, -0.2) is 0 Å². The fourth-order valence-corrected chi connectivity index (χ4v) is 3.27. The average Bonchev–Trinajstić information content (AvgIpc) is 2.55. The summed E-state index contributed by atoms with van der Waals surface area (Å²) in [6.45, 7) is 6.49. The van der Waals surface area contributed by atoms with Crippen molar-refractivity contribution in [1.29, 1.82) is 0 Å². The molecule has 2 rings (SSSR count). The predicted octanol–water partition coefficient (Wildman–Crippen LogP) is 2.12. The molecule has 4 unspecified atom stereocenters. The van der Waals surface area contributed by atoms with E-state index in [4.69, 9.17) is 0 Å². The molecule has 92 valence electrons. The van der Waals surface area contributed by atoms with Gasteiger partial charge >= 0.3 is 0 Å². The third-order valence-corrected chi connectivity index (χ3v) is 4.24. The first-order valence-corrected chi connectivity index (χ1v) is 6.73. The molecule has 0 aromatic rings. The zero-order chi connectivity index (χ0) is 11.7. The third-order valence-electron chi connectivity index (χ3n) is 4.24. The summed E-state index contributed by atoms with van der Waals surface area (Å²) < 4.78 is 0. The van der Waals surface area contributed by atoms with Crippen LogP contribution >= 0.6 is 0 Å². The van der Waals surface area contributed by atoms with E-state index in [2.05, 4.69) is 31.0 Å². The van der Waals surface area contributed by atoms with Gasteiger partial charge in [-0.2, -0.15) is 0 Å². The molecule has 0 bridgehead atoms. The lowest BCUT2D eigenvalue weighted by atomic mass is 9.84. The van der Waals surface area contributed by atoms with Crippen molar-refractivity contribution in [3.8, 4) is 0 Å². The number of carbonyl (C=O) groups excluding carboxylic acids is 1. The SMILES string of the molecule is CCC1NC(C)N(C2CCCCC2C)C1=O. The van der Waals surface area contributed by atoms with Gasteiger partial charge in [0.2, 0.25) is 5.91 Å². The molecule has 2 aliphatic rings. The van der Waals surface area contributed by atoms with E-state index >= 15 is 0 Å². The number of carbonyl (C=O) groups is 1. The maximum Gasteiger partial charge on any atom is 0.241 e. The predicted molar refractivity (Wildman–Crippen MR) is 64.9 cm³/mol. The molecule has 1 aliphatic heterocycles. The van der Waals surface area contributed by atoms with Crippen LogP contribution in [-0.4, -0.2) is 29.1 Å². The smallest absolute Gasteiger partial charge is 0.241 e. The molecule has 4 atom stereocenters. The first-order chi connectivity index (χ1) is 7.65. The minimum atomic E-state index is 0.0594. The van der Waals surface area contributed by atoms with E-state index in [0.29, 0.717) is 17.9 Å². The van der Waals surface area contributed by atoms with E-state index < -0.39 is 0 Å². The van der Waals surface area contributed by atoms with Gasteiger partial charge in [-0.15, -0.1) is 0 Å². The standard InChI is InChI=1S/C13H24N2O/c1-4-11-13(16)15(10(3)14-11)12-8-6-5-7-9(12)2/h9-12,14H,4-8H2,1-3H3. The van der Waals surface area contributed by atoms with E-state index in [1.807, 2.05) is 0 Å². The van der Waals surface area contributed by atoms with Crippen molar-refractivity contribution in [3.63, 3.8) is 0 Å². The zero-order valence-electron chi connectivity index (χ0n) is 10.7. The lowest BCUT2D eigenvalue weighted by Gasteiger charge is -2.38. The molecule has 0 aromatic carbocycles. The first-order valence-electron chi connectivity index (χ1n) is 6.73. The highest BCUT2D eigenvalue weighted by atomic mass is 16.2. The number of hydrogen-bond donors (Lipinski definition) is 1. The van der Waals surface area contributed by atoms with Gasteiger partial charge in [-0.3, -0.25) is 10.1 Å². The minimum Gasteiger partial charge on any atom is -0.323 e. The van der Waals surface area contributed by atoms with Gasteiger partial charge in [0.15, 0.2) is 0 Å². The van der Waals surface area contributed by atoms with Gasteiger partial charge in [-0.1, -0.05) is 26.7 Å². The maximum absolute atomic E-state index is 12.3. The number of amides is 1. The maximum atomic E-state index is 12.3. The molecule has 0 radical (unpaired) electrons. The molecule has 1 heterocycles. The Hall–Kier alpha value is -0.570. The van der Waals surface area contributed by atoms with Gasteiger partial charge < -0.3 is 4.90 Å². The molecule has 16 heavy (non-hydrogen) atoms. The molecule has 1 saturated carbocycles. The first kappa shape index (κ1) is 11.9. The van der Waals surface area contributed by atoms with Gasteiger partial charge in [0.05, 0.1) is 12.2 Å². The Morgan fingerprint density at radius 1 is 1.31 bits per heavy atom. The molecule has 1 N–H and O–H groups in total. The molecule has 0 spiro atoms. The number of hydrogen-bond acceptors (Lipinski definition) is 2. The van der Waals surface area contributed by atoms with Crippen LogP contribution in [0.1, 0.15) is 52.9 Å². The molecule has 2 fully saturated rings. The van der Waals surface area contributed by atoms with Crippen LogP contribution in [0.25, 0.3) is 0 Å². The monoisotopic (exact) mass is 224 g/mol. The Morgan fingerprint density at radius 3 is 2.56 bits per heavy atom. The van der Waals surface area contributed by atoms with E-state index in [-0.39, 0.29) is 12.2 Å². The van der Waals surface area contributed by atoms with Crippen LogP contribution in [0, 0.1) is 5.92 Å². The molecular formula is C13H24N2O. The summed E-state index contributed by atoms with van der Waals surface area (Å²) in [6, 6.07) is 0.532. The number of nitrogens with one attached hydrogen (secondary N) is 1. The fraction of sp³-hybridized carbons (Fsp3) is 0.923. The number of nitrogens with zero attached hydrogens (tertiary/aromatic N) is 1. The average molecular weight is 224 g/mol. The molecule has 3 heteroatoms. The van der Waals surface area contributed by atoms with Crippen LogP contribution < -0.4 is 5.32 Å². The zero-order valence-corrected chi connectivity index (χ0v) is 10.7. The quantitative estimate of drug-likeness (QED) is 0.779. The Morgan fingerprint density at radius 2 is 2.00 bits per heavy atom. The van der Waals surface area contributed by atoms with Crippen molar-refractivity contribution in [2.45, 2.75) is 71.1 Å². The minimum absolute atomic E-state index is 0.0594. The van der Waals surface area contributed by atoms with Crippen molar-refractivity contribution in [2.75, 3.05) is 0 Å². The number of rotatable bonds is 2. The summed E-state index contributed by atoms with van der Waals surface area (Å²) >= 11 is 0. The van der Waals surface area contributed by atoms with Gasteiger partial charge in [0, 0.05) is 6.04 Å². The van der Waals surface area contributed by atoms with Crippen molar-refractivity contribution in [2.24, 2.45) is 5.92 Å². The summed E-state index contributed by atoms with van der Waals surface area (Å²) in [5, 5.41) is 3.40. The highest BCUT2D eigenvalue weighted by Gasteiger charge is 2.41. The van der Waals surface area contributed by atoms with E-state index in [0.717, 1.165) is 6.42 Å². The summed E-state index contributed by atoms with van der Waals surface area (Å²) in [5.41, 5.74) is 0. The van der Waals surface area contributed by atoms with Crippen LogP contribution in [-0.2, 0) is 4.79 Å². The highest BCUT2D eigenvalue weighted by molar-refractivity contribution is 5.84. The third kappa shape index (κ3) is 1.97. The summed E-state index contributed by atoms with van der Waals surface area (Å²) in [6.07, 6.45) is 6.21. The molecule has 1 saturated heterocycles. The van der Waals surface area contributed by atoms with Crippen molar-refractivity contribution < 1.29 is 4.79 Å². The molecule has 0 aromatic heterocycles. The van der Waals surface area contributed by atoms with Crippen molar-refractivity contribution >= 4 is 5.91 Å². The molecule has 3 nitrogen and oxygen atoms in total. The normalized spacial score (nSPS) is 40.4. The Bertz CT molecular complexity index is 267. The summed E-state index contributed by atoms with van der Waals surface area (Å²) in [4.78, 5) is 14.4. The van der Waals surface area contributed by atoms with Crippen LogP contribution in [0.2, 0.25) is 0 Å². The second-order valence-corrected chi connectivity index (χ2v) is 5.38. The van der Waals surface area contributed by atoms with E-state index in [1.54, 1.807) is 0 Å². The Balaban J connectivity index is 2.10. The second kappa shape index (κ2) is 4.74. The molecule has 1 aliphatic carbocycles. The lowest BCUT2D eigenvalue weighted by molar-refractivity contribution is -0.133. The topological polar surface area (TPSA) is 32.3 Å². The van der Waals surface area contributed by atoms with Gasteiger partial charge in [-0.05, 0) is 32.1 Å². The van der Waals surface area contributed by atoms with Gasteiger partial charge in [0.1, 0.15) is 0 Å². The summed E-state index contributed by atoms with van der Waals surface area (Å²) in [5.74, 6) is 0.992. The second-order valence-electron chi connectivity index (χ2n) is 5.38. The van der Waals surface area contributed by atoms with Crippen LogP contribution in [0.4, 0.5) is 0 Å². The Kier molecular flexibility index (Phi) is 3.53. The van der Waals surface area contributed by atoms with Crippen molar-refractivity contribution in [1.82, 2.24) is 10.2 Å². The molecular weight excluding hydrogens is 200 g/mol. The van der Waals surface area contributed by atoms with Crippen LogP contribution in [0.3, 0.4) is 0 Å². The largest absolute Gasteiger partial charge is 0.323 e. The summed E-state index contributed by atoms with van der Waals surface area (Å²) in [7, 11) is 0. The fourth-order valence-electron chi connectivity index (χ4n) is 3.27. The van der Waals surface area contributed by atoms with Gasteiger partial charge in [0.25, 0.3) is 0 Å². The van der Waals surface area contributed by atoms with E-state index in [1.165, 1.54) is 25.7 Å². The van der Waals surface area contributed by atoms with Crippen LogP contribution in [0.15, 0.2) is 0 Å². The van der Waals surface area contributed by atoms with Crippen LogP contribution in [0.5, 0.6) is 0 Å².